The average Bonchev–Trinajstić information content (AvgIpc) is 3.11. The normalized spacial score (nSPS) is 11.0. The van der Waals surface area contributed by atoms with Gasteiger partial charge in [0.05, 0.1) is 0 Å². The van der Waals surface area contributed by atoms with E-state index in [1.165, 1.54) is 0 Å². The second-order valence-corrected chi connectivity index (χ2v) is 6.82. The van der Waals surface area contributed by atoms with E-state index in [0.29, 0.717) is 17.9 Å². The van der Waals surface area contributed by atoms with E-state index in [1.54, 1.807) is 0 Å². The van der Waals surface area contributed by atoms with Crippen molar-refractivity contribution in [3.63, 3.8) is 0 Å². The molecule has 2 aromatic carbocycles. The predicted molar refractivity (Wildman–Crippen MR) is 106 cm³/mol. The minimum Gasteiger partial charge on any atom is -0.363 e. The van der Waals surface area contributed by atoms with Crippen LogP contribution in [-0.4, -0.2) is 15.1 Å². The molecule has 0 aliphatic heterocycles. The van der Waals surface area contributed by atoms with Gasteiger partial charge in [-0.05, 0) is 17.7 Å². The molecule has 2 heterocycles. The molecular weight excluding hydrogens is 392 g/mol. The molecule has 130 valence electrons. The van der Waals surface area contributed by atoms with Crippen molar-refractivity contribution in [2.45, 2.75) is 19.9 Å². The third kappa shape index (κ3) is 3.32. The predicted octanol–water partition coefficient (Wildman–Crippen LogP) is 5.22. The lowest BCUT2D eigenvalue weighted by molar-refractivity contribution is 0.459. The van der Waals surface area contributed by atoms with Gasteiger partial charge in [-0.2, -0.15) is 0 Å². The van der Waals surface area contributed by atoms with E-state index < -0.39 is 0 Å². The fraction of sp³-hybridized carbons (Fsp3) is 0.150. The molecule has 0 unspecified atom stereocenters. The molecule has 5 nitrogen and oxygen atoms in total. The number of anilines is 1. The zero-order chi connectivity index (χ0) is 17.9. The molecule has 1 N–H and O–H groups in total. The second kappa shape index (κ2) is 7.25. The van der Waals surface area contributed by atoms with Gasteiger partial charge in [0.25, 0.3) is 0 Å². The molecule has 2 aromatic heterocycles. The number of hydrogen-bond donors (Lipinski definition) is 1. The monoisotopic (exact) mass is 408 g/mol. The van der Waals surface area contributed by atoms with Crippen molar-refractivity contribution in [3.8, 4) is 11.3 Å². The molecule has 4 rings (SSSR count). The number of nitrogens with one attached hydrogen (secondary N) is 1. The topological polar surface area (TPSA) is 63.8 Å². The minimum absolute atomic E-state index is 0.580. The molecule has 4 aromatic rings. The summed E-state index contributed by atoms with van der Waals surface area (Å²) in [5.41, 5.74) is 4.18. The van der Waals surface area contributed by atoms with Gasteiger partial charge in [-0.1, -0.05) is 70.5 Å². The summed E-state index contributed by atoms with van der Waals surface area (Å²) in [7, 11) is 0. The number of fused-ring (bicyclic) bond motifs is 1. The summed E-state index contributed by atoms with van der Waals surface area (Å²) in [6.45, 7) is 2.67. The van der Waals surface area contributed by atoms with Crippen LogP contribution in [0.3, 0.4) is 0 Å². The molecule has 0 spiro atoms. The number of halogens is 1. The van der Waals surface area contributed by atoms with Crippen LogP contribution in [0.15, 0.2) is 63.6 Å². The van der Waals surface area contributed by atoms with Crippen LogP contribution in [0.5, 0.6) is 0 Å². The summed E-state index contributed by atoms with van der Waals surface area (Å²) in [4.78, 5) is 9.24. The van der Waals surface area contributed by atoms with Crippen LogP contribution in [0.25, 0.3) is 22.4 Å². The first kappa shape index (κ1) is 16.7. The van der Waals surface area contributed by atoms with Gasteiger partial charge >= 0.3 is 0 Å². The number of aromatic nitrogens is 3. The van der Waals surface area contributed by atoms with Gasteiger partial charge in [0.15, 0.2) is 5.82 Å². The Hall–Kier alpha value is -2.73. The van der Waals surface area contributed by atoms with Crippen LogP contribution in [0.2, 0.25) is 0 Å². The number of rotatable bonds is 5. The van der Waals surface area contributed by atoms with Gasteiger partial charge in [0, 0.05) is 23.0 Å². The maximum absolute atomic E-state index is 5.60. The Kier molecular flexibility index (Phi) is 4.67. The van der Waals surface area contributed by atoms with E-state index in [1.807, 2.05) is 49.4 Å². The lowest BCUT2D eigenvalue weighted by Crippen LogP contribution is -2.05. The fourth-order valence-corrected chi connectivity index (χ4v) is 3.22. The van der Waals surface area contributed by atoms with E-state index >= 15 is 0 Å². The molecule has 6 heteroatoms. The fourth-order valence-electron chi connectivity index (χ4n) is 2.77. The summed E-state index contributed by atoms with van der Waals surface area (Å²) in [6.07, 6.45) is 0.737. The zero-order valence-corrected chi connectivity index (χ0v) is 15.8. The standard InChI is InChI=1S/C20H17BrN4O/c1-2-16-23-18-17(14-8-4-3-5-9-14)25-26-19(18)20(24-16)22-12-13-7-6-10-15(21)11-13/h3-11H,2,12H2,1H3,(H,22,23,24). The largest absolute Gasteiger partial charge is 0.363 e. The molecule has 0 saturated heterocycles. The average molecular weight is 409 g/mol. The van der Waals surface area contributed by atoms with Crippen molar-refractivity contribution < 1.29 is 4.52 Å². The summed E-state index contributed by atoms with van der Waals surface area (Å²) >= 11 is 3.50. The molecule has 0 aliphatic carbocycles. The van der Waals surface area contributed by atoms with Crippen LogP contribution < -0.4 is 5.32 Å². The van der Waals surface area contributed by atoms with Gasteiger partial charge in [-0.25, -0.2) is 9.97 Å². The lowest BCUT2D eigenvalue weighted by atomic mass is 10.1. The Labute approximate surface area is 159 Å². The molecule has 0 radical (unpaired) electrons. The van der Waals surface area contributed by atoms with Gasteiger partial charge in [-0.15, -0.1) is 0 Å². The first-order valence-corrected chi connectivity index (χ1v) is 9.24. The second-order valence-electron chi connectivity index (χ2n) is 5.90. The SMILES string of the molecule is CCc1nc(NCc2cccc(Br)c2)c2onc(-c3ccccc3)c2n1. The zero-order valence-electron chi connectivity index (χ0n) is 14.2. The highest BCUT2D eigenvalue weighted by molar-refractivity contribution is 9.10. The van der Waals surface area contributed by atoms with E-state index in [9.17, 15) is 0 Å². The van der Waals surface area contributed by atoms with Gasteiger partial charge in [0.1, 0.15) is 17.0 Å². The van der Waals surface area contributed by atoms with Crippen molar-refractivity contribution in [2.75, 3.05) is 5.32 Å². The van der Waals surface area contributed by atoms with Crippen LogP contribution in [0, 0.1) is 0 Å². The molecule has 0 saturated carbocycles. The molecule has 0 amide bonds. The smallest absolute Gasteiger partial charge is 0.228 e. The van der Waals surface area contributed by atoms with Crippen molar-refractivity contribution in [2.24, 2.45) is 0 Å². The first-order valence-electron chi connectivity index (χ1n) is 8.44. The highest BCUT2D eigenvalue weighted by atomic mass is 79.9. The Bertz CT molecular complexity index is 1050. The lowest BCUT2D eigenvalue weighted by Gasteiger charge is -2.07. The third-order valence-corrected chi connectivity index (χ3v) is 4.57. The van der Waals surface area contributed by atoms with Crippen molar-refractivity contribution in [1.29, 1.82) is 0 Å². The molecule has 26 heavy (non-hydrogen) atoms. The van der Waals surface area contributed by atoms with E-state index in [2.05, 4.69) is 48.5 Å². The Morgan fingerprint density at radius 3 is 2.65 bits per heavy atom. The summed E-state index contributed by atoms with van der Waals surface area (Å²) < 4.78 is 6.65. The number of nitrogens with zero attached hydrogens (tertiary/aromatic N) is 3. The first-order chi connectivity index (χ1) is 12.7. The quantitative estimate of drug-likeness (QED) is 0.490. The van der Waals surface area contributed by atoms with E-state index in [0.717, 1.165) is 39.1 Å². The summed E-state index contributed by atoms with van der Waals surface area (Å²) in [6, 6.07) is 18.1. The maximum Gasteiger partial charge on any atom is 0.228 e. The Balaban J connectivity index is 1.73. The third-order valence-electron chi connectivity index (χ3n) is 4.08. The molecule has 0 atom stereocenters. The number of benzene rings is 2. The van der Waals surface area contributed by atoms with Crippen LogP contribution in [0.4, 0.5) is 5.82 Å². The summed E-state index contributed by atoms with van der Waals surface area (Å²) in [5.74, 6) is 1.43. The highest BCUT2D eigenvalue weighted by Crippen LogP contribution is 2.30. The van der Waals surface area contributed by atoms with Crippen molar-refractivity contribution in [3.05, 3.63) is 70.5 Å². The molecule has 0 aliphatic rings. The Morgan fingerprint density at radius 2 is 1.88 bits per heavy atom. The van der Waals surface area contributed by atoms with Gasteiger partial charge in [-0.3, -0.25) is 0 Å². The number of hydrogen-bond acceptors (Lipinski definition) is 5. The molecular formula is C20H17BrN4O. The Morgan fingerprint density at radius 1 is 1.04 bits per heavy atom. The molecule has 0 bridgehead atoms. The highest BCUT2D eigenvalue weighted by Gasteiger charge is 2.17. The van der Waals surface area contributed by atoms with Crippen LogP contribution in [-0.2, 0) is 13.0 Å². The van der Waals surface area contributed by atoms with Crippen molar-refractivity contribution in [1.82, 2.24) is 15.1 Å². The van der Waals surface area contributed by atoms with Gasteiger partial charge < -0.3 is 9.84 Å². The molecule has 0 fully saturated rings. The van der Waals surface area contributed by atoms with Crippen molar-refractivity contribution >= 4 is 32.8 Å². The van der Waals surface area contributed by atoms with Crippen LogP contribution >= 0.6 is 15.9 Å². The number of aryl methyl sites for hydroxylation is 1. The minimum atomic E-state index is 0.580. The van der Waals surface area contributed by atoms with Crippen LogP contribution in [0.1, 0.15) is 18.3 Å². The maximum atomic E-state index is 5.60. The summed E-state index contributed by atoms with van der Waals surface area (Å²) in [5, 5.41) is 7.61. The van der Waals surface area contributed by atoms with E-state index in [4.69, 9.17) is 4.52 Å². The van der Waals surface area contributed by atoms with Gasteiger partial charge in [0.2, 0.25) is 5.58 Å². The van der Waals surface area contributed by atoms with E-state index in [-0.39, 0.29) is 0 Å².